The van der Waals surface area contributed by atoms with Crippen LogP contribution >= 0.6 is 34.9 Å². The second kappa shape index (κ2) is 12.2. The van der Waals surface area contributed by atoms with Crippen LogP contribution in [0.5, 0.6) is 0 Å². The minimum atomic E-state index is -0.222. The molecule has 32 heavy (non-hydrogen) atoms. The summed E-state index contributed by atoms with van der Waals surface area (Å²) in [6.07, 6.45) is 14.6. The molecule has 0 aromatic heterocycles. The summed E-state index contributed by atoms with van der Waals surface area (Å²) in [5, 5.41) is 3.06. The van der Waals surface area contributed by atoms with Gasteiger partial charge in [0, 0.05) is 0 Å². The summed E-state index contributed by atoms with van der Waals surface area (Å²) in [7, 11) is 9.23. The van der Waals surface area contributed by atoms with E-state index in [0.717, 1.165) is 0 Å². The Balaban J connectivity index is 0.00000161. The fourth-order valence-electron chi connectivity index (χ4n) is 5.21. The Kier molecular flexibility index (Phi) is 12.1. The van der Waals surface area contributed by atoms with E-state index in [9.17, 15) is 0 Å². The van der Waals surface area contributed by atoms with Gasteiger partial charge >= 0.3 is 226 Å². The van der Waals surface area contributed by atoms with Gasteiger partial charge in [0.2, 0.25) is 0 Å². The molecule has 0 spiro atoms. The number of halogens is 2. The number of rotatable bonds is 4. The predicted molar refractivity (Wildman–Crippen MR) is 147 cm³/mol. The molecule has 0 nitrogen and oxygen atoms in total. The van der Waals surface area contributed by atoms with E-state index in [-0.39, 0.29) is 31.8 Å². The molecule has 0 aliphatic heterocycles. The Morgan fingerprint density at radius 2 is 1.16 bits per heavy atom. The van der Waals surface area contributed by atoms with Crippen LogP contribution in [0.4, 0.5) is 0 Å². The molecular formula is C26H44Cl2FeP2Pd. The maximum atomic E-state index is 4.81. The Morgan fingerprint density at radius 1 is 0.719 bits per heavy atom. The molecule has 0 aromatic rings. The third kappa shape index (κ3) is 8.91. The molecule has 0 aromatic carbocycles. The van der Waals surface area contributed by atoms with Crippen molar-refractivity contribution in [2.24, 2.45) is 0 Å². The first kappa shape index (κ1) is 31.6. The van der Waals surface area contributed by atoms with Crippen molar-refractivity contribution < 1.29 is 30.9 Å². The Labute approximate surface area is 224 Å². The summed E-state index contributed by atoms with van der Waals surface area (Å²) >= 11 is 1.08. The normalized spacial score (nSPS) is 22.0. The molecule has 2 aliphatic carbocycles. The third-order valence-corrected chi connectivity index (χ3v) is 15.0. The molecule has 0 saturated carbocycles. The monoisotopic (exact) mass is 650 g/mol. The molecule has 2 unspecified atom stereocenters. The van der Waals surface area contributed by atoms with Gasteiger partial charge in [0.25, 0.3) is 0 Å². The van der Waals surface area contributed by atoms with Gasteiger partial charge in [-0.1, -0.05) is 0 Å². The van der Waals surface area contributed by atoms with Crippen molar-refractivity contribution in [3.8, 4) is 0 Å². The summed E-state index contributed by atoms with van der Waals surface area (Å²) in [5.41, 5.74) is 0.621. The second-order valence-corrected chi connectivity index (χ2v) is 24.1. The third-order valence-electron chi connectivity index (χ3n) is 5.19. The van der Waals surface area contributed by atoms with E-state index >= 15 is 0 Å². The van der Waals surface area contributed by atoms with Crippen molar-refractivity contribution in [1.29, 1.82) is 0 Å². The standard InChI is InChI=1S/2C13H22P.2ClH.Fe.Pd/c2*1-12(2,3)14(13(4,5)6)11-9-7-8-10-11;;;;/h7-9,11H,1-6H3;7-10H,1-6H3;2*1H;;/q;;;;;+2/p-2. The Hall–Kier alpha value is 1.58. The van der Waals surface area contributed by atoms with Gasteiger partial charge in [0.05, 0.1) is 0 Å². The number of hydrogen-bond acceptors (Lipinski definition) is 0. The average Bonchev–Trinajstić information content (AvgIpc) is 3.14. The van der Waals surface area contributed by atoms with E-state index in [1.165, 1.54) is 15.0 Å². The quantitative estimate of drug-likeness (QED) is 0.210. The van der Waals surface area contributed by atoms with E-state index in [4.69, 9.17) is 19.1 Å². The molecule has 0 N–H and O–H groups in total. The Bertz CT molecular complexity index is 716. The minimum absolute atomic E-state index is 0.106. The molecule has 2 rings (SSSR count). The molecule has 190 valence electrons. The van der Waals surface area contributed by atoms with E-state index in [1.807, 2.05) is 0 Å². The van der Waals surface area contributed by atoms with Crippen molar-refractivity contribution in [3.05, 3.63) is 46.2 Å². The van der Waals surface area contributed by atoms with Crippen molar-refractivity contribution >= 4 is 34.9 Å². The van der Waals surface area contributed by atoms with Gasteiger partial charge in [-0.2, -0.15) is 0 Å². The topological polar surface area (TPSA) is 0 Å². The zero-order chi connectivity index (χ0) is 25.1. The van der Waals surface area contributed by atoms with Gasteiger partial charge in [-0.3, -0.25) is 0 Å². The summed E-state index contributed by atoms with van der Waals surface area (Å²) in [5.74, 6) is 0. The summed E-state index contributed by atoms with van der Waals surface area (Å²) in [6, 6.07) is 0. The molecule has 0 saturated heterocycles. The van der Waals surface area contributed by atoms with Crippen LogP contribution in [0.3, 0.4) is 0 Å². The molecule has 2 aliphatic rings. The molecule has 2 atom stereocenters. The van der Waals surface area contributed by atoms with E-state index < -0.39 is 0 Å². The SMILES string of the molecule is CC(C)(C)P(C1=CC=C[CH]1[Fe][C]1=CC=CC1P(C(C)(C)C)C(C)(C)C)C(C)(C)C.[Cl][Pd][Cl]. The first-order valence-corrected chi connectivity index (χ1v) is 19.1. The summed E-state index contributed by atoms with van der Waals surface area (Å²) < 4.78 is 1.67. The molecule has 0 fully saturated rings. The Morgan fingerprint density at radius 3 is 1.56 bits per heavy atom. The zero-order valence-corrected chi connectivity index (χ0v) is 27.9. The van der Waals surface area contributed by atoms with Crippen LogP contribution < -0.4 is 0 Å². The first-order valence-electron chi connectivity index (χ1n) is 11.2. The van der Waals surface area contributed by atoms with E-state index in [0.29, 0.717) is 31.1 Å². The molecule has 0 heterocycles. The summed E-state index contributed by atoms with van der Waals surface area (Å²) in [4.78, 5) is 0.574. The van der Waals surface area contributed by atoms with Gasteiger partial charge in [0.15, 0.2) is 0 Å². The average molecular weight is 652 g/mol. The van der Waals surface area contributed by atoms with Crippen molar-refractivity contribution in [2.45, 2.75) is 114 Å². The van der Waals surface area contributed by atoms with Gasteiger partial charge in [-0.15, -0.1) is 0 Å². The molecular weight excluding hydrogens is 607 g/mol. The van der Waals surface area contributed by atoms with Crippen LogP contribution in [0.15, 0.2) is 46.2 Å². The first-order chi connectivity index (χ1) is 14.4. The second-order valence-electron chi connectivity index (χ2n) is 12.3. The van der Waals surface area contributed by atoms with Gasteiger partial charge in [-0.25, -0.2) is 0 Å². The number of allylic oxidation sites excluding steroid dienone is 8. The maximum absolute atomic E-state index is 4.81. The van der Waals surface area contributed by atoms with Gasteiger partial charge in [0.1, 0.15) is 0 Å². The zero-order valence-electron chi connectivity index (χ0n) is 21.9. The van der Waals surface area contributed by atoms with Crippen molar-refractivity contribution in [1.82, 2.24) is 0 Å². The molecule has 6 heteroatoms. The van der Waals surface area contributed by atoms with Gasteiger partial charge < -0.3 is 0 Å². The van der Waals surface area contributed by atoms with Crippen LogP contribution in [-0.2, 0) is 30.9 Å². The van der Waals surface area contributed by atoms with Crippen molar-refractivity contribution in [3.63, 3.8) is 0 Å². The van der Waals surface area contributed by atoms with Crippen LogP contribution in [0.1, 0.15) is 83.1 Å². The van der Waals surface area contributed by atoms with Gasteiger partial charge in [-0.05, 0) is 0 Å². The van der Waals surface area contributed by atoms with Crippen LogP contribution in [0.25, 0.3) is 0 Å². The molecule has 0 amide bonds. The molecule has 0 radical (unpaired) electrons. The molecule has 0 bridgehead atoms. The predicted octanol–water partition coefficient (Wildman–Crippen LogP) is 10.7. The van der Waals surface area contributed by atoms with Crippen LogP contribution in [-0.4, -0.2) is 26.3 Å². The van der Waals surface area contributed by atoms with Crippen molar-refractivity contribution in [2.75, 3.05) is 0 Å². The van der Waals surface area contributed by atoms with E-state index in [2.05, 4.69) is 120 Å². The number of hydrogen-bond donors (Lipinski definition) is 0. The fraction of sp³-hybridized carbons (Fsp3) is 0.692. The van der Waals surface area contributed by atoms with Crippen LogP contribution in [0, 0.1) is 0 Å². The van der Waals surface area contributed by atoms with E-state index in [1.54, 1.807) is 9.79 Å². The summed E-state index contributed by atoms with van der Waals surface area (Å²) in [6.45, 7) is 29.4. The fourth-order valence-corrected chi connectivity index (χ4v) is 16.3. The van der Waals surface area contributed by atoms with Crippen LogP contribution in [0.2, 0.25) is 4.82 Å².